The molecule has 0 fully saturated rings. The second-order valence-electron chi connectivity index (χ2n) is 6.32. The first-order chi connectivity index (χ1) is 12.5. The summed E-state index contributed by atoms with van der Waals surface area (Å²) in [6, 6.07) is 17.7. The molecule has 3 rings (SSSR count). The van der Waals surface area contributed by atoms with E-state index in [0.29, 0.717) is 12.4 Å². The summed E-state index contributed by atoms with van der Waals surface area (Å²) in [6.45, 7) is 0.596. The number of anilines is 1. The number of tetrazole rings is 1. The summed E-state index contributed by atoms with van der Waals surface area (Å²) in [7, 11) is 5.77. The van der Waals surface area contributed by atoms with Crippen molar-refractivity contribution in [1.82, 2.24) is 25.1 Å². The summed E-state index contributed by atoms with van der Waals surface area (Å²) in [5, 5.41) is 12.3. The second-order valence-corrected chi connectivity index (χ2v) is 6.32. The second kappa shape index (κ2) is 7.77. The highest BCUT2D eigenvalue weighted by molar-refractivity contribution is 5.75. The van der Waals surface area contributed by atoms with Crippen LogP contribution in [0.2, 0.25) is 0 Å². The molecule has 0 spiro atoms. The lowest BCUT2D eigenvalue weighted by Crippen LogP contribution is -2.30. The Hall–Kier alpha value is -3.22. The first-order valence-corrected chi connectivity index (χ1v) is 8.36. The van der Waals surface area contributed by atoms with Crippen molar-refractivity contribution in [2.24, 2.45) is 0 Å². The standard InChI is InChI=1S/C19H22N6O/c1-23(2)17-11-9-15(10-12-17)13-24(3)18(26)14-25-21-19(20-22-25)16-7-5-4-6-8-16/h4-12H,13-14H2,1-3H3. The zero-order valence-electron chi connectivity index (χ0n) is 15.2. The first kappa shape index (κ1) is 17.6. The topological polar surface area (TPSA) is 67.2 Å². The average molecular weight is 350 g/mol. The fourth-order valence-corrected chi connectivity index (χ4v) is 2.52. The van der Waals surface area contributed by atoms with Gasteiger partial charge in [0.15, 0.2) is 0 Å². The molecule has 0 atom stereocenters. The van der Waals surface area contributed by atoms with Crippen molar-refractivity contribution in [3.63, 3.8) is 0 Å². The van der Waals surface area contributed by atoms with E-state index in [2.05, 4.69) is 15.4 Å². The van der Waals surface area contributed by atoms with E-state index in [1.807, 2.05) is 73.6 Å². The van der Waals surface area contributed by atoms with Gasteiger partial charge in [-0.25, -0.2) is 0 Å². The van der Waals surface area contributed by atoms with Crippen molar-refractivity contribution < 1.29 is 4.79 Å². The molecular weight excluding hydrogens is 328 g/mol. The molecule has 0 aliphatic carbocycles. The van der Waals surface area contributed by atoms with E-state index in [1.54, 1.807) is 11.9 Å². The van der Waals surface area contributed by atoms with Crippen LogP contribution >= 0.6 is 0 Å². The number of hydrogen-bond donors (Lipinski definition) is 0. The Kier molecular flexibility index (Phi) is 5.26. The third kappa shape index (κ3) is 4.24. The number of amides is 1. The molecule has 0 radical (unpaired) electrons. The summed E-state index contributed by atoms with van der Waals surface area (Å²) < 4.78 is 0. The smallest absolute Gasteiger partial charge is 0.246 e. The first-order valence-electron chi connectivity index (χ1n) is 8.36. The van der Waals surface area contributed by atoms with Crippen molar-refractivity contribution in [1.29, 1.82) is 0 Å². The van der Waals surface area contributed by atoms with Crippen LogP contribution in [0.5, 0.6) is 0 Å². The highest BCUT2D eigenvalue weighted by atomic mass is 16.2. The highest BCUT2D eigenvalue weighted by Gasteiger charge is 2.13. The predicted octanol–water partition coefficient (Wildman–Crippen LogP) is 2.06. The van der Waals surface area contributed by atoms with Crippen LogP contribution in [0.15, 0.2) is 54.6 Å². The van der Waals surface area contributed by atoms with E-state index in [1.165, 1.54) is 4.80 Å². The Labute approximate surface area is 152 Å². The van der Waals surface area contributed by atoms with Crippen LogP contribution in [0.1, 0.15) is 5.56 Å². The van der Waals surface area contributed by atoms with Gasteiger partial charge >= 0.3 is 0 Å². The molecule has 134 valence electrons. The largest absolute Gasteiger partial charge is 0.378 e. The molecule has 0 saturated carbocycles. The van der Waals surface area contributed by atoms with Gasteiger partial charge in [-0.2, -0.15) is 4.80 Å². The molecule has 2 aromatic carbocycles. The van der Waals surface area contributed by atoms with Crippen molar-refractivity contribution in [2.45, 2.75) is 13.1 Å². The van der Waals surface area contributed by atoms with E-state index in [0.717, 1.165) is 16.8 Å². The molecule has 1 aromatic heterocycles. The Balaban J connectivity index is 1.60. The minimum absolute atomic E-state index is 0.0616. The van der Waals surface area contributed by atoms with Crippen LogP contribution in [0, 0.1) is 0 Å². The van der Waals surface area contributed by atoms with Crippen LogP contribution in [0.25, 0.3) is 11.4 Å². The minimum Gasteiger partial charge on any atom is -0.378 e. The molecule has 0 unspecified atom stereocenters. The number of hydrogen-bond acceptors (Lipinski definition) is 5. The summed E-state index contributed by atoms with van der Waals surface area (Å²) in [5.41, 5.74) is 3.08. The lowest BCUT2D eigenvalue weighted by atomic mass is 10.2. The fourth-order valence-electron chi connectivity index (χ4n) is 2.52. The number of benzene rings is 2. The van der Waals surface area contributed by atoms with Crippen molar-refractivity contribution in [2.75, 3.05) is 26.0 Å². The van der Waals surface area contributed by atoms with E-state index in [9.17, 15) is 4.79 Å². The maximum Gasteiger partial charge on any atom is 0.246 e. The SMILES string of the molecule is CN(Cc1ccc(N(C)C)cc1)C(=O)Cn1nnc(-c2ccccc2)n1. The van der Waals surface area contributed by atoms with E-state index < -0.39 is 0 Å². The molecule has 26 heavy (non-hydrogen) atoms. The predicted molar refractivity (Wildman–Crippen MR) is 100 cm³/mol. The van der Waals surface area contributed by atoms with Gasteiger partial charge in [0, 0.05) is 38.9 Å². The molecule has 7 heteroatoms. The van der Waals surface area contributed by atoms with Crippen LogP contribution in [-0.2, 0) is 17.9 Å². The minimum atomic E-state index is -0.0707. The summed E-state index contributed by atoms with van der Waals surface area (Å²) in [5.74, 6) is 0.444. The number of nitrogens with zero attached hydrogens (tertiary/aromatic N) is 6. The van der Waals surface area contributed by atoms with Gasteiger partial charge in [-0.1, -0.05) is 42.5 Å². The van der Waals surface area contributed by atoms with E-state index >= 15 is 0 Å². The molecule has 0 bridgehead atoms. The maximum atomic E-state index is 12.4. The Morgan fingerprint density at radius 1 is 1.00 bits per heavy atom. The molecule has 0 saturated heterocycles. The lowest BCUT2D eigenvalue weighted by molar-refractivity contribution is -0.131. The van der Waals surface area contributed by atoms with Gasteiger partial charge < -0.3 is 9.80 Å². The fraction of sp³-hybridized carbons (Fsp3) is 0.263. The van der Waals surface area contributed by atoms with Gasteiger partial charge in [0.05, 0.1) is 0 Å². The molecular formula is C19H22N6O. The van der Waals surface area contributed by atoms with Gasteiger partial charge in [-0.15, -0.1) is 10.2 Å². The number of carbonyl (C=O) groups is 1. The summed E-state index contributed by atoms with van der Waals surface area (Å²) in [6.07, 6.45) is 0. The number of rotatable bonds is 6. The average Bonchev–Trinajstić information content (AvgIpc) is 3.11. The van der Waals surface area contributed by atoms with Gasteiger partial charge in [-0.05, 0) is 22.9 Å². The maximum absolute atomic E-state index is 12.4. The van der Waals surface area contributed by atoms with Crippen LogP contribution in [0.3, 0.4) is 0 Å². The van der Waals surface area contributed by atoms with Crippen molar-refractivity contribution in [3.8, 4) is 11.4 Å². The highest BCUT2D eigenvalue weighted by Crippen LogP contribution is 2.14. The Morgan fingerprint density at radius 3 is 2.35 bits per heavy atom. The van der Waals surface area contributed by atoms with Crippen molar-refractivity contribution in [3.05, 3.63) is 60.2 Å². The van der Waals surface area contributed by atoms with Crippen LogP contribution < -0.4 is 4.90 Å². The van der Waals surface area contributed by atoms with E-state index in [4.69, 9.17) is 0 Å². The Bertz CT molecular complexity index is 857. The van der Waals surface area contributed by atoms with Crippen molar-refractivity contribution >= 4 is 11.6 Å². The van der Waals surface area contributed by atoms with Gasteiger partial charge in [0.1, 0.15) is 6.54 Å². The molecule has 0 N–H and O–H groups in total. The number of carbonyl (C=O) groups excluding carboxylic acids is 1. The molecule has 1 heterocycles. The summed E-state index contributed by atoms with van der Waals surface area (Å²) in [4.78, 5) is 17.5. The third-order valence-electron chi connectivity index (χ3n) is 4.06. The molecule has 3 aromatic rings. The number of aromatic nitrogens is 4. The monoisotopic (exact) mass is 350 g/mol. The third-order valence-corrected chi connectivity index (χ3v) is 4.06. The van der Waals surface area contributed by atoms with E-state index in [-0.39, 0.29) is 12.5 Å². The number of likely N-dealkylation sites (N-methyl/N-ethyl adjacent to an activating group) is 1. The van der Waals surface area contributed by atoms with Gasteiger partial charge in [0.25, 0.3) is 0 Å². The molecule has 1 amide bonds. The van der Waals surface area contributed by atoms with Crippen LogP contribution in [-0.4, -0.2) is 52.2 Å². The quantitative estimate of drug-likeness (QED) is 0.681. The van der Waals surface area contributed by atoms with Gasteiger partial charge in [0.2, 0.25) is 11.7 Å². The Morgan fingerprint density at radius 2 is 1.69 bits per heavy atom. The lowest BCUT2D eigenvalue weighted by Gasteiger charge is -2.18. The molecule has 0 aliphatic heterocycles. The normalized spacial score (nSPS) is 10.6. The molecule has 7 nitrogen and oxygen atoms in total. The van der Waals surface area contributed by atoms with Crippen LogP contribution in [0.4, 0.5) is 5.69 Å². The van der Waals surface area contributed by atoms with Gasteiger partial charge in [-0.3, -0.25) is 4.79 Å². The molecule has 0 aliphatic rings. The zero-order chi connectivity index (χ0) is 18.5. The summed E-state index contributed by atoms with van der Waals surface area (Å²) >= 11 is 0. The zero-order valence-corrected chi connectivity index (χ0v) is 15.2.